The van der Waals surface area contributed by atoms with E-state index in [-0.39, 0.29) is 5.91 Å². The molecular formula is C15H19N3O2. The third-order valence-corrected chi connectivity index (χ3v) is 2.94. The molecule has 0 aliphatic heterocycles. The quantitative estimate of drug-likeness (QED) is 0.785. The van der Waals surface area contributed by atoms with Crippen LogP contribution >= 0.6 is 0 Å². The van der Waals surface area contributed by atoms with Crippen LogP contribution in [0.25, 0.3) is 10.9 Å². The molecule has 1 aromatic heterocycles. The van der Waals surface area contributed by atoms with E-state index < -0.39 is 0 Å². The molecule has 2 aromatic rings. The van der Waals surface area contributed by atoms with Crippen LogP contribution < -0.4 is 15.8 Å². The van der Waals surface area contributed by atoms with Crippen molar-refractivity contribution in [2.24, 2.45) is 5.73 Å². The molecule has 20 heavy (non-hydrogen) atoms. The molecule has 0 atom stereocenters. The first-order valence-corrected chi connectivity index (χ1v) is 6.76. The molecule has 1 amide bonds. The maximum Gasteiger partial charge on any atom is 0.251 e. The van der Waals surface area contributed by atoms with Crippen molar-refractivity contribution in [2.45, 2.75) is 13.3 Å². The highest BCUT2D eigenvalue weighted by Crippen LogP contribution is 2.26. The second kappa shape index (κ2) is 6.86. The number of nitrogens with two attached hydrogens (primary N) is 1. The number of hydrogen-bond acceptors (Lipinski definition) is 4. The lowest BCUT2D eigenvalue weighted by molar-refractivity contribution is 0.0955. The van der Waals surface area contributed by atoms with Crippen LogP contribution in [-0.2, 0) is 0 Å². The number of rotatable bonds is 6. The van der Waals surface area contributed by atoms with E-state index in [4.69, 9.17) is 10.5 Å². The number of ether oxygens (including phenoxy) is 1. The Morgan fingerprint density at radius 3 is 3.00 bits per heavy atom. The third-order valence-electron chi connectivity index (χ3n) is 2.94. The number of fused-ring (bicyclic) bond motifs is 1. The summed E-state index contributed by atoms with van der Waals surface area (Å²) in [6.45, 7) is 3.62. The average molecular weight is 273 g/mol. The molecule has 2 rings (SSSR count). The number of nitrogens with one attached hydrogen (secondary N) is 1. The molecule has 3 N–H and O–H groups in total. The fraction of sp³-hybridized carbons (Fsp3) is 0.333. The highest BCUT2D eigenvalue weighted by molar-refractivity contribution is 6.07. The molecule has 5 nitrogen and oxygen atoms in total. The number of nitrogens with zero attached hydrogens (tertiary/aromatic N) is 1. The summed E-state index contributed by atoms with van der Waals surface area (Å²) in [5, 5.41) is 3.65. The molecule has 0 bridgehead atoms. The van der Waals surface area contributed by atoms with Crippen LogP contribution in [0.1, 0.15) is 23.7 Å². The highest BCUT2D eigenvalue weighted by atomic mass is 16.5. The summed E-state index contributed by atoms with van der Waals surface area (Å²) in [5.74, 6) is 0.584. The lowest BCUT2D eigenvalue weighted by Crippen LogP contribution is -2.26. The lowest BCUT2D eigenvalue weighted by atomic mass is 10.1. The first-order valence-electron chi connectivity index (χ1n) is 6.76. The maximum atomic E-state index is 12.2. The van der Waals surface area contributed by atoms with E-state index in [1.54, 1.807) is 18.3 Å². The second-order valence-corrected chi connectivity index (χ2v) is 4.34. The molecule has 0 aliphatic carbocycles. The van der Waals surface area contributed by atoms with Crippen LogP contribution in [0.2, 0.25) is 0 Å². The zero-order valence-corrected chi connectivity index (χ0v) is 11.6. The highest BCUT2D eigenvalue weighted by Gasteiger charge is 2.13. The van der Waals surface area contributed by atoms with E-state index in [9.17, 15) is 4.79 Å². The number of amides is 1. The maximum absolute atomic E-state index is 12.2. The van der Waals surface area contributed by atoms with Crippen LogP contribution in [0.3, 0.4) is 0 Å². The summed E-state index contributed by atoms with van der Waals surface area (Å²) in [6, 6.07) is 7.25. The average Bonchev–Trinajstić information content (AvgIpc) is 2.48. The Kier molecular flexibility index (Phi) is 4.90. The van der Waals surface area contributed by atoms with Gasteiger partial charge in [-0.1, -0.05) is 6.07 Å². The van der Waals surface area contributed by atoms with E-state index in [0.717, 1.165) is 11.8 Å². The SMILES string of the molecule is CCOc1ccc(C(=O)NCCCN)c2cccnc12. The minimum atomic E-state index is -0.112. The van der Waals surface area contributed by atoms with Crippen LogP contribution in [0, 0.1) is 0 Å². The number of carbonyl (C=O) groups excluding carboxylic acids is 1. The summed E-state index contributed by atoms with van der Waals surface area (Å²) in [6.07, 6.45) is 2.46. The lowest BCUT2D eigenvalue weighted by Gasteiger charge is -2.11. The van der Waals surface area contributed by atoms with Crippen molar-refractivity contribution in [3.05, 3.63) is 36.0 Å². The summed E-state index contributed by atoms with van der Waals surface area (Å²) in [4.78, 5) is 16.5. The molecule has 0 saturated heterocycles. The second-order valence-electron chi connectivity index (χ2n) is 4.34. The number of benzene rings is 1. The topological polar surface area (TPSA) is 77.2 Å². The summed E-state index contributed by atoms with van der Waals surface area (Å²) >= 11 is 0. The van der Waals surface area contributed by atoms with Gasteiger partial charge in [0.1, 0.15) is 11.3 Å². The van der Waals surface area contributed by atoms with Crippen LogP contribution in [0.4, 0.5) is 0 Å². The Morgan fingerprint density at radius 1 is 1.40 bits per heavy atom. The molecule has 5 heteroatoms. The normalized spacial score (nSPS) is 10.5. The van der Waals surface area contributed by atoms with Crippen molar-refractivity contribution in [3.63, 3.8) is 0 Å². The Balaban J connectivity index is 2.35. The van der Waals surface area contributed by atoms with Crippen molar-refractivity contribution in [1.82, 2.24) is 10.3 Å². The zero-order valence-electron chi connectivity index (χ0n) is 11.6. The Bertz CT molecular complexity index is 599. The number of pyridine rings is 1. The standard InChI is InChI=1S/C15H19N3O2/c1-2-20-13-7-6-12(15(19)18-10-4-8-16)11-5-3-9-17-14(11)13/h3,5-7,9H,2,4,8,10,16H2,1H3,(H,18,19). The van der Waals surface area contributed by atoms with Gasteiger partial charge >= 0.3 is 0 Å². The van der Waals surface area contributed by atoms with Gasteiger partial charge < -0.3 is 15.8 Å². The van der Waals surface area contributed by atoms with E-state index in [1.807, 2.05) is 19.1 Å². The van der Waals surface area contributed by atoms with Gasteiger partial charge in [-0.05, 0) is 38.1 Å². The number of aromatic nitrogens is 1. The largest absolute Gasteiger partial charge is 0.492 e. The first-order chi connectivity index (χ1) is 9.77. The van der Waals surface area contributed by atoms with Crippen molar-refractivity contribution in [3.8, 4) is 5.75 Å². The monoisotopic (exact) mass is 273 g/mol. The van der Waals surface area contributed by atoms with Crippen LogP contribution in [-0.4, -0.2) is 30.6 Å². The molecule has 106 valence electrons. The number of hydrogen-bond donors (Lipinski definition) is 2. The van der Waals surface area contributed by atoms with E-state index in [1.165, 1.54) is 0 Å². The van der Waals surface area contributed by atoms with Gasteiger partial charge in [0, 0.05) is 23.7 Å². The smallest absolute Gasteiger partial charge is 0.251 e. The van der Waals surface area contributed by atoms with Gasteiger partial charge in [-0.3, -0.25) is 9.78 Å². The fourth-order valence-electron chi connectivity index (χ4n) is 2.02. The van der Waals surface area contributed by atoms with E-state index in [2.05, 4.69) is 10.3 Å². The fourth-order valence-corrected chi connectivity index (χ4v) is 2.02. The Morgan fingerprint density at radius 2 is 2.25 bits per heavy atom. The van der Waals surface area contributed by atoms with Gasteiger partial charge in [0.05, 0.1) is 6.61 Å². The van der Waals surface area contributed by atoms with E-state index >= 15 is 0 Å². The van der Waals surface area contributed by atoms with Gasteiger partial charge in [-0.15, -0.1) is 0 Å². The third kappa shape index (κ3) is 3.05. The summed E-state index contributed by atoms with van der Waals surface area (Å²) < 4.78 is 5.54. The molecule has 0 aliphatic rings. The van der Waals surface area contributed by atoms with E-state index in [0.29, 0.717) is 36.5 Å². The van der Waals surface area contributed by atoms with Crippen LogP contribution in [0.15, 0.2) is 30.5 Å². The minimum Gasteiger partial charge on any atom is -0.492 e. The minimum absolute atomic E-state index is 0.112. The van der Waals surface area contributed by atoms with Crippen molar-refractivity contribution in [1.29, 1.82) is 0 Å². The predicted molar refractivity (Wildman–Crippen MR) is 78.9 cm³/mol. The Hall–Kier alpha value is -2.14. The molecule has 1 aromatic carbocycles. The van der Waals surface area contributed by atoms with Crippen LogP contribution in [0.5, 0.6) is 5.75 Å². The molecular weight excluding hydrogens is 254 g/mol. The number of carbonyl (C=O) groups is 1. The van der Waals surface area contributed by atoms with Crippen molar-refractivity contribution < 1.29 is 9.53 Å². The predicted octanol–water partition coefficient (Wildman–Crippen LogP) is 1.71. The first kappa shape index (κ1) is 14.3. The van der Waals surface area contributed by atoms with Gasteiger partial charge in [0.25, 0.3) is 5.91 Å². The summed E-state index contributed by atoms with van der Waals surface area (Å²) in [5.41, 5.74) is 6.73. The van der Waals surface area contributed by atoms with Crippen molar-refractivity contribution in [2.75, 3.05) is 19.7 Å². The summed E-state index contributed by atoms with van der Waals surface area (Å²) in [7, 11) is 0. The van der Waals surface area contributed by atoms with Gasteiger partial charge in [0.15, 0.2) is 0 Å². The molecule has 0 unspecified atom stereocenters. The molecule has 0 saturated carbocycles. The van der Waals surface area contributed by atoms with Gasteiger partial charge in [-0.2, -0.15) is 0 Å². The van der Waals surface area contributed by atoms with Gasteiger partial charge in [0.2, 0.25) is 0 Å². The Labute approximate surface area is 118 Å². The molecule has 0 fully saturated rings. The molecule has 0 radical (unpaired) electrons. The van der Waals surface area contributed by atoms with Crippen molar-refractivity contribution >= 4 is 16.8 Å². The zero-order chi connectivity index (χ0) is 14.4. The molecule has 1 heterocycles. The molecule has 0 spiro atoms. The van der Waals surface area contributed by atoms with Gasteiger partial charge in [-0.25, -0.2) is 0 Å².